The van der Waals surface area contributed by atoms with Crippen LogP contribution < -0.4 is 4.74 Å². The number of hydrogen-bond acceptors (Lipinski definition) is 7. The molecule has 1 aliphatic rings. The zero-order chi connectivity index (χ0) is 20.8. The van der Waals surface area contributed by atoms with Crippen LogP contribution in [0.25, 0.3) is 11.3 Å². The largest absolute Gasteiger partial charge is 0.493 e. The monoisotopic (exact) mass is 447 g/mol. The molecule has 3 heterocycles. The summed E-state index contributed by atoms with van der Waals surface area (Å²) in [6.07, 6.45) is 4.11. The number of hydrogen-bond donors (Lipinski definition) is 0. The fraction of sp³-hybridized carbons (Fsp3) is 0.381. The Bertz CT molecular complexity index is 941. The average Bonchev–Trinajstić information content (AvgIpc) is 3.48. The van der Waals surface area contributed by atoms with Gasteiger partial charge in [-0.25, -0.2) is 9.78 Å². The van der Waals surface area contributed by atoms with Gasteiger partial charge in [-0.15, -0.1) is 11.3 Å². The number of piperidine rings is 1. The third-order valence-electron chi connectivity index (χ3n) is 5.13. The predicted molar refractivity (Wildman–Crippen MR) is 114 cm³/mol. The lowest BCUT2D eigenvalue weighted by Crippen LogP contribution is -2.39. The van der Waals surface area contributed by atoms with E-state index < -0.39 is 0 Å². The van der Waals surface area contributed by atoms with E-state index in [1.807, 2.05) is 17.5 Å². The predicted octanol–water partition coefficient (Wildman–Crippen LogP) is 5.27. The van der Waals surface area contributed by atoms with E-state index in [1.54, 1.807) is 28.7 Å². The van der Waals surface area contributed by atoms with Gasteiger partial charge >= 0.3 is 6.09 Å². The number of carbonyl (C=O) groups is 1. The Morgan fingerprint density at radius 3 is 2.90 bits per heavy atom. The van der Waals surface area contributed by atoms with Crippen LogP contribution in [0.3, 0.4) is 0 Å². The lowest BCUT2D eigenvalue weighted by atomic mass is 9.94. The number of benzene rings is 1. The first-order valence-corrected chi connectivity index (χ1v) is 11.1. The quantitative estimate of drug-likeness (QED) is 0.491. The maximum absolute atomic E-state index is 12.2. The van der Waals surface area contributed by atoms with Crippen molar-refractivity contribution in [3.05, 3.63) is 52.1 Å². The summed E-state index contributed by atoms with van der Waals surface area (Å²) in [4.78, 5) is 18.1. The molecule has 1 fully saturated rings. The Morgan fingerprint density at radius 2 is 2.17 bits per heavy atom. The summed E-state index contributed by atoms with van der Waals surface area (Å²) in [7, 11) is 0. The van der Waals surface area contributed by atoms with E-state index in [0.717, 1.165) is 36.3 Å². The Kier molecular flexibility index (Phi) is 6.86. The molecule has 9 heteroatoms. The first-order chi connectivity index (χ1) is 14.7. The molecule has 0 radical (unpaired) electrons. The highest BCUT2D eigenvalue weighted by Gasteiger charge is 2.24. The second-order valence-electron chi connectivity index (χ2n) is 7.12. The summed E-state index contributed by atoms with van der Waals surface area (Å²) in [6, 6.07) is 7.24. The van der Waals surface area contributed by atoms with Gasteiger partial charge < -0.3 is 18.9 Å². The fourth-order valence-electron chi connectivity index (χ4n) is 3.45. The molecule has 4 rings (SSSR count). The molecular weight excluding hydrogens is 426 g/mol. The number of likely N-dealkylation sites (tertiary alicyclic amines) is 1. The molecule has 30 heavy (non-hydrogen) atoms. The maximum atomic E-state index is 12.2. The molecule has 0 unspecified atom stereocenters. The average molecular weight is 448 g/mol. The molecule has 0 N–H and O–H groups in total. The van der Waals surface area contributed by atoms with Crippen LogP contribution in [0.2, 0.25) is 5.02 Å². The number of carbonyl (C=O) groups excluding carboxylic acids is 1. The number of nitrogens with zero attached hydrogens (tertiary/aromatic N) is 3. The van der Waals surface area contributed by atoms with Crippen molar-refractivity contribution in [2.24, 2.45) is 5.92 Å². The molecule has 0 bridgehead atoms. The van der Waals surface area contributed by atoms with Crippen LogP contribution in [0.15, 0.2) is 45.9 Å². The van der Waals surface area contributed by atoms with Crippen molar-refractivity contribution in [3.63, 3.8) is 0 Å². The Balaban J connectivity index is 1.22. The van der Waals surface area contributed by atoms with Crippen molar-refractivity contribution in [2.45, 2.75) is 25.9 Å². The van der Waals surface area contributed by atoms with Crippen molar-refractivity contribution in [3.8, 4) is 17.1 Å². The van der Waals surface area contributed by atoms with Gasteiger partial charge in [-0.3, -0.25) is 0 Å². The fourth-order valence-corrected chi connectivity index (χ4v) is 4.17. The standard InChI is InChI=1S/C21H22ClN3O4S/c22-16-1-2-19(18(11-16)20-3-7-24-29-20)27-10-6-15-4-8-25(9-5-15)21(26)28-12-17-13-30-14-23-17/h1-3,7,11,13-15H,4-6,8-10,12H2. The van der Waals surface area contributed by atoms with E-state index in [2.05, 4.69) is 10.1 Å². The SMILES string of the molecule is O=C(OCc1cscn1)N1CCC(CCOc2ccc(Cl)cc2-c2ccno2)CC1. The molecule has 0 saturated carbocycles. The van der Waals surface area contributed by atoms with E-state index in [0.29, 0.717) is 36.4 Å². The Morgan fingerprint density at radius 1 is 1.30 bits per heavy atom. The minimum absolute atomic E-state index is 0.227. The minimum Gasteiger partial charge on any atom is -0.493 e. The lowest BCUT2D eigenvalue weighted by molar-refractivity contribution is 0.0792. The number of aromatic nitrogens is 2. The summed E-state index contributed by atoms with van der Waals surface area (Å²) >= 11 is 7.61. The minimum atomic E-state index is -0.268. The lowest BCUT2D eigenvalue weighted by Gasteiger charge is -2.31. The number of rotatable bonds is 7. The molecule has 0 spiro atoms. The van der Waals surface area contributed by atoms with Crippen molar-refractivity contribution in [1.82, 2.24) is 15.0 Å². The van der Waals surface area contributed by atoms with Crippen molar-refractivity contribution in [1.29, 1.82) is 0 Å². The number of halogens is 1. The van der Waals surface area contributed by atoms with Gasteiger partial charge in [0.1, 0.15) is 12.4 Å². The van der Waals surface area contributed by atoms with E-state index in [9.17, 15) is 4.79 Å². The van der Waals surface area contributed by atoms with Gasteiger partial charge in [0.15, 0.2) is 5.76 Å². The topological polar surface area (TPSA) is 77.7 Å². The third kappa shape index (κ3) is 5.31. The van der Waals surface area contributed by atoms with Crippen LogP contribution in [-0.2, 0) is 11.3 Å². The zero-order valence-electron chi connectivity index (χ0n) is 16.3. The first kappa shape index (κ1) is 20.7. The second-order valence-corrected chi connectivity index (χ2v) is 8.27. The molecule has 0 aliphatic carbocycles. The highest BCUT2D eigenvalue weighted by molar-refractivity contribution is 7.07. The molecule has 1 aromatic carbocycles. The van der Waals surface area contributed by atoms with E-state index in [-0.39, 0.29) is 12.7 Å². The van der Waals surface area contributed by atoms with Gasteiger partial charge in [-0.2, -0.15) is 0 Å². The summed E-state index contributed by atoms with van der Waals surface area (Å²) in [5.41, 5.74) is 3.31. The maximum Gasteiger partial charge on any atom is 0.410 e. The first-order valence-electron chi connectivity index (χ1n) is 9.81. The number of ether oxygens (including phenoxy) is 2. The van der Waals surface area contributed by atoms with Crippen LogP contribution in [-0.4, -0.2) is 40.8 Å². The highest BCUT2D eigenvalue weighted by atomic mass is 35.5. The van der Waals surface area contributed by atoms with Gasteiger partial charge in [-0.1, -0.05) is 16.8 Å². The summed E-state index contributed by atoms with van der Waals surface area (Å²) in [5, 5.41) is 6.25. The summed E-state index contributed by atoms with van der Waals surface area (Å²) < 4.78 is 16.6. The molecule has 0 atom stereocenters. The van der Waals surface area contributed by atoms with Crippen LogP contribution in [0.1, 0.15) is 25.0 Å². The van der Waals surface area contributed by atoms with Gasteiger partial charge in [0.2, 0.25) is 0 Å². The molecule has 1 amide bonds. The molecule has 7 nitrogen and oxygen atoms in total. The number of thiazole rings is 1. The van der Waals surface area contributed by atoms with Crippen molar-refractivity contribution in [2.75, 3.05) is 19.7 Å². The Labute approximate surface area is 183 Å². The number of amides is 1. The molecule has 1 saturated heterocycles. The molecule has 2 aromatic heterocycles. The van der Waals surface area contributed by atoms with Crippen LogP contribution >= 0.6 is 22.9 Å². The molecule has 1 aliphatic heterocycles. The van der Waals surface area contributed by atoms with E-state index >= 15 is 0 Å². The van der Waals surface area contributed by atoms with Gasteiger partial charge in [0.25, 0.3) is 0 Å². The van der Waals surface area contributed by atoms with Crippen molar-refractivity contribution >= 4 is 29.0 Å². The molecule has 3 aromatic rings. The summed E-state index contributed by atoms with van der Waals surface area (Å²) in [5.74, 6) is 1.85. The third-order valence-corrected chi connectivity index (χ3v) is 6.00. The van der Waals surface area contributed by atoms with E-state index in [1.165, 1.54) is 11.3 Å². The normalized spacial score (nSPS) is 14.6. The van der Waals surface area contributed by atoms with E-state index in [4.69, 9.17) is 25.6 Å². The van der Waals surface area contributed by atoms with Crippen LogP contribution in [0.5, 0.6) is 5.75 Å². The smallest absolute Gasteiger partial charge is 0.410 e. The second kappa shape index (κ2) is 9.95. The van der Waals surface area contributed by atoms with Crippen LogP contribution in [0.4, 0.5) is 4.79 Å². The van der Waals surface area contributed by atoms with Crippen molar-refractivity contribution < 1.29 is 18.8 Å². The van der Waals surface area contributed by atoms with Gasteiger partial charge in [-0.05, 0) is 43.4 Å². The summed E-state index contributed by atoms with van der Waals surface area (Å²) in [6.45, 7) is 2.21. The highest BCUT2D eigenvalue weighted by Crippen LogP contribution is 2.33. The Hall–Kier alpha value is -2.58. The van der Waals surface area contributed by atoms with Gasteiger partial charge in [0, 0.05) is 29.6 Å². The molecular formula is C21H22ClN3O4S. The zero-order valence-corrected chi connectivity index (χ0v) is 17.9. The molecule has 158 valence electrons. The van der Waals surface area contributed by atoms with Gasteiger partial charge in [0.05, 0.1) is 29.6 Å². The van der Waals surface area contributed by atoms with Crippen LogP contribution in [0, 0.1) is 5.92 Å².